The summed E-state index contributed by atoms with van der Waals surface area (Å²) in [5, 5.41) is 4.98. The number of amides is 2. The first-order chi connectivity index (χ1) is 10.5. The van der Waals surface area contributed by atoms with Gasteiger partial charge in [0.15, 0.2) is 0 Å². The topological polar surface area (TPSA) is 44.4 Å². The van der Waals surface area contributed by atoms with Gasteiger partial charge in [-0.15, -0.1) is 0 Å². The van der Waals surface area contributed by atoms with Gasteiger partial charge in [-0.05, 0) is 56.9 Å². The van der Waals surface area contributed by atoms with E-state index in [-0.39, 0.29) is 5.69 Å². The number of hydrogen-bond acceptors (Lipinski definition) is 2. The number of carbonyl (C=O) groups excluding carboxylic acids is 1. The lowest BCUT2D eigenvalue weighted by atomic mass is 9.99. The highest BCUT2D eigenvalue weighted by atomic mass is 19.1. The van der Waals surface area contributed by atoms with E-state index < -0.39 is 17.7 Å². The van der Waals surface area contributed by atoms with Crippen LogP contribution in [0.4, 0.5) is 19.3 Å². The van der Waals surface area contributed by atoms with Gasteiger partial charge in [0.2, 0.25) is 0 Å². The molecule has 1 fully saturated rings. The van der Waals surface area contributed by atoms with E-state index in [0.717, 1.165) is 50.2 Å². The Labute approximate surface area is 129 Å². The van der Waals surface area contributed by atoms with Crippen molar-refractivity contribution in [2.24, 2.45) is 5.92 Å². The Hall–Kier alpha value is -1.69. The predicted octanol–water partition coefficient (Wildman–Crippen LogP) is 3.21. The van der Waals surface area contributed by atoms with E-state index in [1.165, 1.54) is 12.8 Å². The molecule has 0 atom stereocenters. The van der Waals surface area contributed by atoms with Gasteiger partial charge in [0.1, 0.15) is 11.6 Å². The number of urea groups is 1. The molecule has 1 saturated heterocycles. The van der Waals surface area contributed by atoms with Crippen LogP contribution in [-0.4, -0.2) is 37.1 Å². The minimum Gasteiger partial charge on any atom is -0.338 e. The third-order valence-electron chi connectivity index (χ3n) is 3.99. The SMILES string of the molecule is CC1CCN(CCCNC(=O)Nc2cc(F)ccc2F)CC1. The molecule has 1 aliphatic heterocycles. The zero-order valence-electron chi connectivity index (χ0n) is 12.9. The summed E-state index contributed by atoms with van der Waals surface area (Å²) in [7, 11) is 0. The molecular formula is C16H23F2N3O. The third kappa shape index (κ3) is 5.26. The highest BCUT2D eigenvalue weighted by Crippen LogP contribution is 2.16. The number of hydrogen-bond donors (Lipinski definition) is 2. The van der Waals surface area contributed by atoms with Gasteiger partial charge in [-0.2, -0.15) is 0 Å². The van der Waals surface area contributed by atoms with Gasteiger partial charge < -0.3 is 15.5 Å². The summed E-state index contributed by atoms with van der Waals surface area (Å²) < 4.78 is 26.4. The number of anilines is 1. The molecule has 0 spiro atoms. The standard InChI is InChI=1S/C16H23F2N3O/c1-12-5-9-21(10-6-12)8-2-7-19-16(22)20-15-11-13(17)3-4-14(15)18/h3-4,11-12H,2,5-10H2,1H3,(H2,19,20,22). The number of rotatable bonds is 5. The summed E-state index contributed by atoms with van der Waals surface area (Å²) in [5.74, 6) is -0.434. The highest BCUT2D eigenvalue weighted by Gasteiger charge is 2.15. The first-order valence-corrected chi connectivity index (χ1v) is 7.77. The fraction of sp³-hybridized carbons (Fsp3) is 0.562. The molecule has 1 aliphatic rings. The van der Waals surface area contributed by atoms with E-state index >= 15 is 0 Å². The molecule has 1 aromatic carbocycles. The number of halogens is 2. The Morgan fingerprint density at radius 3 is 2.77 bits per heavy atom. The molecule has 1 aromatic rings. The van der Waals surface area contributed by atoms with Crippen LogP contribution in [0.15, 0.2) is 18.2 Å². The summed E-state index contributed by atoms with van der Waals surface area (Å²) in [6.45, 7) is 5.95. The first-order valence-electron chi connectivity index (χ1n) is 7.77. The molecule has 0 aromatic heterocycles. The first kappa shape index (κ1) is 16.7. The van der Waals surface area contributed by atoms with Crippen molar-refractivity contribution in [1.29, 1.82) is 0 Å². The van der Waals surface area contributed by atoms with Crippen LogP contribution in [0.25, 0.3) is 0 Å². The van der Waals surface area contributed by atoms with Crippen molar-refractivity contribution in [2.45, 2.75) is 26.2 Å². The molecule has 0 bridgehead atoms. The van der Waals surface area contributed by atoms with E-state index in [9.17, 15) is 13.6 Å². The normalized spacial score (nSPS) is 16.5. The van der Waals surface area contributed by atoms with Crippen LogP contribution in [-0.2, 0) is 0 Å². The molecule has 2 amide bonds. The van der Waals surface area contributed by atoms with Gasteiger partial charge in [0, 0.05) is 12.6 Å². The molecule has 122 valence electrons. The number of benzene rings is 1. The number of carbonyl (C=O) groups is 1. The Bertz CT molecular complexity index is 502. The maximum absolute atomic E-state index is 13.4. The molecule has 0 aliphatic carbocycles. The number of piperidine rings is 1. The zero-order valence-corrected chi connectivity index (χ0v) is 12.9. The summed E-state index contributed by atoms with van der Waals surface area (Å²) in [4.78, 5) is 14.0. The Balaban J connectivity index is 1.64. The molecule has 22 heavy (non-hydrogen) atoms. The summed E-state index contributed by atoms with van der Waals surface area (Å²) in [6.07, 6.45) is 3.30. The second-order valence-corrected chi connectivity index (χ2v) is 5.88. The van der Waals surface area contributed by atoms with E-state index in [4.69, 9.17) is 0 Å². The van der Waals surface area contributed by atoms with Gasteiger partial charge in [-0.25, -0.2) is 13.6 Å². The number of nitrogens with one attached hydrogen (secondary N) is 2. The van der Waals surface area contributed by atoms with Crippen LogP contribution in [0.5, 0.6) is 0 Å². The lowest BCUT2D eigenvalue weighted by Gasteiger charge is -2.30. The quantitative estimate of drug-likeness (QED) is 0.820. The maximum atomic E-state index is 13.4. The van der Waals surface area contributed by atoms with Crippen molar-refractivity contribution in [1.82, 2.24) is 10.2 Å². The third-order valence-corrected chi connectivity index (χ3v) is 3.99. The van der Waals surface area contributed by atoms with Gasteiger partial charge in [-0.3, -0.25) is 0 Å². The Kier molecular flexibility index (Phi) is 6.12. The van der Waals surface area contributed by atoms with Crippen LogP contribution in [0, 0.1) is 17.6 Å². The smallest absolute Gasteiger partial charge is 0.319 e. The molecule has 6 heteroatoms. The molecule has 0 radical (unpaired) electrons. The largest absolute Gasteiger partial charge is 0.338 e. The minimum absolute atomic E-state index is 0.150. The average molecular weight is 311 g/mol. The summed E-state index contributed by atoms with van der Waals surface area (Å²) >= 11 is 0. The molecule has 2 rings (SSSR count). The lowest BCUT2D eigenvalue weighted by Crippen LogP contribution is -2.36. The molecule has 0 unspecified atom stereocenters. The van der Waals surface area contributed by atoms with Gasteiger partial charge >= 0.3 is 6.03 Å². The van der Waals surface area contributed by atoms with Crippen LogP contribution in [0.3, 0.4) is 0 Å². The fourth-order valence-corrected chi connectivity index (χ4v) is 2.55. The second kappa shape index (κ2) is 8.08. The Morgan fingerprint density at radius 1 is 1.32 bits per heavy atom. The second-order valence-electron chi connectivity index (χ2n) is 5.88. The van der Waals surface area contributed by atoms with Crippen molar-refractivity contribution in [3.63, 3.8) is 0 Å². The van der Waals surface area contributed by atoms with E-state index in [2.05, 4.69) is 22.5 Å². The van der Waals surface area contributed by atoms with Gasteiger partial charge in [-0.1, -0.05) is 6.92 Å². The van der Waals surface area contributed by atoms with Crippen molar-refractivity contribution in [3.05, 3.63) is 29.8 Å². The molecule has 0 saturated carbocycles. The van der Waals surface area contributed by atoms with Crippen LogP contribution >= 0.6 is 0 Å². The van der Waals surface area contributed by atoms with Crippen molar-refractivity contribution >= 4 is 11.7 Å². The number of nitrogens with zero attached hydrogens (tertiary/aromatic N) is 1. The van der Waals surface area contributed by atoms with E-state index in [1.807, 2.05) is 0 Å². The Morgan fingerprint density at radius 2 is 2.05 bits per heavy atom. The minimum atomic E-state index is -0.654. The summed E-state index contributed by atoms with van der Waals surface area (Å²) in [6, 6.07) is 2.45. The predicted molar refractivity (Wildman–Crippen MR) is 82.8 cm³/mol. The monoisotopic (exact) mass is 311 g/mol. The number of likely N-dealkylation sites (tertiary alicyclic amines) is 1. The van der Waals surface area contributed by atoms with Gasteiger partial charge in [0.05, 0.1) is 5.69 Å². The average Bonchev–Trinajstić information content (AvgIpc) is 2.49. The molecular weight excluding hydrogens is 288 g/mol. The van der Waals surface area contributed by atoms with Crippen LogP contribution in [0.1, 0.15) is 26.2 Å². The van der Waals surface area contributed by atoms with Crippen LogP contribution in [0.2, 0.25) is 0 Å². The molecule has 1 heterocycles. The maximum Gasteiger partial charge on any atom is 0.319 e. The molecule has 2 N–H and O–H groups in total. The van der Waals surface area contributed by atoms with Crippen molar-refractivity contribution in [3.8, 4) is 0 Å². The van der Waals surface area contributed by atoms with Crippen molar-refractivity contribution < 1.29 is 13.6 Å². The van der Waals surface area contributed by atoms with Crippen LogP contribution < -0.4 is 10.6 Å². The zero-order chi connectivity index (χ0) is 15.9. The fourth-order valence-electron chi connectivity index (χ4n) is 2.55. The lowest BCUT2D eigenvalue weighted by molar-refractivity contribution is 0.190. The van der Waals surface area contributed by atoms with E-state index in [1.54, 1.807) is 0 Å². The van der Waals surface area contributed by atoms with Gasteiger partial charge in [0.25, 0.3) is 0 Å². The summed E-state index contributed by atoms with van der Waals surface area (Å²) in [5.41, 5.74) is -0.150. The molecule has 4 nitrogen and oxygen atoms in total. The van der Waals surface area contributed by atoms with E-state index in [0.29, 0.717) is 6.54 Å². The van der Waals surface area contributed by atoms with Crippen molar-refractivity contribution in [2.75, 3.05) is 31.5 Å². The highest BCUT2D eigenvalue weighted by molar-refractivity contribution is 5.89.